The quantitative estimate of drug-likeness (QED) is 0.841. The lowest BCUT2D eigenvalue weighted by Crippen LogP contribution is -2.21. The van der Waals surface area contributed by atoms with Crippen molar-refractivity contribution in [1.29, 1.82) is 0 Å². The minimum absolute atomic E-state index is 0.156. The van der Waals surface area contributed by atoms with E-state index in [2.05, 4.69) is 10.1 Å². The van der Waals surface area contributed by atoms with Crippen molar-refractivity contribution in [2.75, 3.05) is 13.7 Å². The highest BCUT2D eigenvalue weighted by Gasteiger charge is 2.20. The average Bonchev–Trinajstić information content (AvgIpc) is 2.92. The number of benzene rings is 1. The van der Waals surface area contributed by atoms with Gasteiger partial charge in [-0.15, -0.1) is 0 Å². The van der Waals surface area contributed by atoms with Gasteiger partial charge >= 0.3 is 5.97 Å². The first-order chi connectivity index (χ1) is 10.0. The normalized spacial score (nSPS) is 12.2. The summed E-state index contributed by atoms with van der Waals surface area (Å²) >= 11 is 12.1. The third-order valence-electron chi connectivity index (χ3n) is 2.92. The van der Waals surface area contributed by atoms with Crippen LogP contribution < -0.4 is 5.32 Å². The summed E-state index contributed by atoms with van der Waals surface area (Å²) in [6.45, 7) is 2.69. The maximum atomic E-state index is 11.5. The summed E-state index contributed by atoms with van der Waals surface area (Å²) in [5.41, 5.74) is 0.861. The number of halogens is 2. The second-order valence-electron chi connectivity index (χ2n) is 4.39. The topological polar surface area (TPSA) is 51.5 Å². The van der Waals surface area contributed by atoms with Gasteiger partial charge < -0.3 is 14.5 Å². The number of furan rings is 1. The van der Waals surface area contributed by atoms with Crippen LogP contribution in [0.25, 0.3) is 0 Å². The largest absolute Gasteiger partial charge is 0.463 e. The Kier molecular flexibility index (Phi) is 5.28. The monoisotopic (exact) mass is 327 g/mol. The maximum Gasteiger partial charge on any atom is 0.373 e. The molecule has 4 nitrogen and oxygen atoms in total. The van der Waals surface area contributed by atoms with Crippen LogP contribution in [0.5, 0.6) is 0 Å². The summed E-state index contributed by atoms with van der Waals surface area (Å²) in [4.78, 5) is 11.5. The van der Waals surface area contributed by atoms with E-state index in [0.717, 1.165) is 5.56 Å². The smallest absolute Gasteiger partial charge is 0.373 e. The number of ether oxygens (including phenoxy) is 1. The molecule has 2 aromatic rings. The van der Waals surface area contributed by atoms with Crippen LogP contribution in [0.1, 0.15) is 34.8 Å². The van der Waals surface area contributed by atoms with E-state index in [1.165, 1.54) is 7.11 Å². The molecule has 1 aromatic carbocycles. The third-order valence-corrected chi connectivity index (χ3v) is 3.36. The van der Waals surface area contributed by atoms with Gasteiger partial charge in [0.2, 0.25) is 5.76 Å². The van der Waals surface area contributed by atoms with Gasteiger partial charge in [0, 0.05) is 10.0 Å². The fourth-order valence-electron chi connectivity index (χ4n) is 2.05. The highest BCUT2D eigenvalue weighted by atomic mass is 35.5. The van der Waals surface area contributed by atoms with Crippen molar-refractivity contribution in [2.24, 2.45) is 0 Å². The van der Waals surface area contributed by atoms with Gasteiger partial charge in [-0.1, -0.05) is 30.1 Å². The van der Waals surface area contributed by atoms with Crippen LogP contribution in [-0.2, 0) is 4.74 Å². The zero-order chi connectivity index (χ0) is 15.4. The molecule has 0 aliphatic rings. The molecule has 1 heterocycles. The minimum Gasteiger partial charge on any atom is -0.463 e. The SMILES string of the molecule is CCNC(c1cc(Cl)cc(Cl)c1)c1ccc(C(=O)OC)o1. The van der Waals surface area contributed by atoms with Gasteiger partial charge in [-0.05, 0) is 42.4 Å². The van der Waals surface area contributed by atoms with Crippen LogP contribution in [0, 0.1) is 0 Å². The van der Waals surface area contributed by atoms with Crippen LogP contribution in [0.3, 0.4) is 0 Å². The lowest BCUT2D eigenvalue weighted by atomic mass is 10.0. The van der Waals surface area contributed by atoms with Gasteiger partial charge in [0.1, 0.15) is 5.76 Å². The first-order valence-electron chi connectivity index (χ1n) is 6.42. The van der Waals surface area contributed by atoms with E-state index in [0.29, 0.717) is 22.4 Å². The van der Waals surface area contributed by atoms with Gasteiger partial charge in [-0.25, -0.2) is 4.79 Å². The molecule has 0 fully saturated rings. The number of hydrogen-bond donors (Lipinski definition) is 1. The summed E-state index contributed by atoms with van der Waals surface area (Å²) in [6.07, 6.45) is 0. The second kappa shape index (κ2) is 6.98. The standard InChI is InChI=1S/C15H15Cl2NO3/c1-3-18-14(9-6-10(16)8-11(17)7-9)12-4-5-13(21-12)15(19)20-2/h4-8,14,18H,3H2,1-2H3. The van der Waals surface area contributed by atoms with Crippen LogP contribution in [0.4, 0.5) is 0 Å². The fourth-order valence-corrected chi connectivity index (χ4v) is 2.59. The molecule has 0 saturated carbocycles. The van der Waals surface area contributed by atoms with Crippen LogP contribution in [-0.4, -0.2) is 19.6 Å². The maximum absolute atomic E-state index is 11.5. The molecule has 1 N–H and O–H groups in total. The number of hydrogen-bond acceptors (Lipinski definition) is 4. The molecule has 0 saturated heterocycles. The van der Waals surface area contributed by atoms with Gasteiger partial charge in [0.25, 0.3) is 0 Å². The van der Waals surface area contributed by atoms with Crippen molar-refractivity contribution in [2.45, 2.75) is 13.0 Å². The number of carbonyl (C=O) groups excluding carboxylic acids is 1. The Balaban J connectivity index is 2.38. The summed E-state index contributed by atoms with van der Waals surface area (Å²) in [5.74, 6) is 0.236. The first kappa shape index (κ1) is 15.9. The molecule has 0 aliphatic heterocycles. The van der Waals surface area contributed by atoms with E-state index in [1.54, 1.807) is 30.3 Å². The van der Waals surface area contributed by atoms with E-state index >= 15 is 0 Å². The molecular weight excluding hydrogens is 313 g/mol. The highest BCUT2D eigenvalue weighted by molar-refractivity contribution is 6.34. The fraction of sp³-hybridized carbons (Fsp3) is 0.267. The summed E-state index contributed by atoms with van der Waals surface area (Å²) in [6, 6.07) is 8.34. The van der Waals surface area contributed by atoms with Gasteiger partial charge in [0.05, 0.1) is 13.2 Å². The molecule has 0 bridgehead atoms. The molecule has 1 aromatic heterocycles. The molecule has 6 heteroatoms. The Labute approximate surface area is 133 Å². The van der Waals surface area contributed by atoms with E-state index in [-0.39, 0.29) is 11.8 Å². The van der Waals surface area contributed by atoms with E-state index in [9.17, 15) is 4.79 Å². The Morgan fingerprint density at radius 3 is 2.52 bits per heavy atom. The number of carbonyl (C=O) groups is 1. The number of methoxy groups -OCH3 is 1. The van der Waals surface area contributed by atoms with Gasteiger partial charge in [0.15, 0.2) is 0 Å². The second-order valence-corrected chi connectivity index (χ2v) is 5.26. The molecule has 0 radical (unpaired) electrons. The van der Waals surface area contributed by atoms with Crippen LogP contribution >= 0.6 is 23.2 Å². The molecule has 2 rings (SSSR count). The molecule has 1 unspecified atom stereocenters. The van der Waals surface area contributed by atoms with E-state index in [1.807, 2.05) is 6.92 Å². The van der Waals surface area contributed by atoms with Crippen molar-refractivity contribution < 1.29 is 13.9 Å². The Morgan fingerprint density at radius 2 is 1.95 bits per heavy atom. The Bertz CT molecular complexity index is 619. The van der Waals surface area contributed by atoms with Crippen molar-refractivity contribution in [3.05, 3.63) is 57.5 Å². The van der Waals surface area contributed by atoms with Gasteiger partial charge in [-0.2, -0.15) is 0 Å². The highest BCUT2D eigenvalue weighted by Crippen LogP contribution is 2.29. The molecule has 21 heavy (non-hydrogen) atoms. The lowest BCUT2D eigenvalue weighted by Gasteiger charge is -2.16. The predicted molar refractivity (Wildman–Crippen MR) is 82.0 cm³/mol. The van der Waals surface area contributed by atoms with Crippen molar-refractivity contribution in [3.8, 4) is 0 Å². The lowest BCUT2D eigenvalue weighted by molar-refractivity contribution is 0.0562. The predicted octanol–water partition coefficient (Wildman–Crippen LogP) is 4.07. The third kappa shape index (κ3) is 3.79. The molecule has 0 amide bonds. The van der Waals surface area contributed by atoms with Crippen LogP contribution in [0.15, 0.2) is 34.7 Å². The van der Waals surface area contributed by atoms with E-state index in [4.69, 9.17) is 27.6 Å². The zero-order valence-corrected chi connectivity index (χ0v) is 13.2. The van der Waals surface area contributed by atoms with Crippen LogP contribution in [0.2, 0.25) is 10.0 Å². The summed E-state index contributed by atoms with van der Waals surface area (Å²) < 4.78 is 10.2. The first-order valence-corrected chi connectivity index (χ1v) is 7.18. The van der Waals surface area contributed by atoms with Crippen molar-refractivity contribution >= 4 is 29.2 Å². The van der Waals surface area contributed by atoms with Crippen molar-refractivity contribution in [3.63, 3.8) is 0 Å². The van der Waals surface area contributed by atoms with Crippen molar-refractivity contribution in [1.82, 2.24) is 5.32 Å². The molecule has 112 valence electrons. The Morgan fingerprint density at radius 1 is 1.29 bits per heavy atom. The molecule has 0 spiro atoms. The minimum atomic E-state index is -0.513. The zero-order valence-electron chi connectivity index (χ0n) is 11.7. The Hall–Kier alpha value is -1.49. The van der Waals surface area contributed by atoms with E-state index < -0.39 is 5.97 Å². The average molecular weight is 328 g/mol. The molecular formula is C15H15Cl2NO3. The number of rotatable bonds is 5. The van der Waals surface area contributed by atoms with Gasteiger partial charge in [-0.3, -0.25) is 0 Å². The number of esters is 1. The molecule has 1 atom stereocenters. The summed E-state index contributed by atoms with van der Waals surface area (Å²) in [5, 5.41) is 4.36. The molecule has 0 aliphatic carbocycles. The summed E-state index contributed by atoms with van der Waals surface area (Å²) in [7, 11) is 1.31. The number of nitrogens with one attached hydrogen (secondary N) is 1.